The Bertz CT molecular complexity index is 772. The minimum Gasteiger partial charge on any atom is -0.449 e. The van der Waals surface area contributed by atoms with Crippen molar-refractivity contribution in [3.63, 3.8) is 0 Å². The largest absolute Gasteiger partial charge is 0.449 e. The summed E-state index contributed by atoms with van der Waals surface area (Å²) in [5.41, 5.74) is 2.47. The van der Waals surface area contributed by atoms with E-state index in [0.29, 0.717) is 5.56 Å². The van der Waals surface area contributed by atoms with Gasteiger partial charge >= 0.3 is 5.97 Å². The van der Waals surface area contributed by atoms with Gasteiger partial charge in [-0.05, 0) is 56.2 Å². The number of ether oxygens (including phenoxy) is 1. The van der Waals surface area contributed by atoms with Crippen LogP contribution in [-0.4, -0.2) is 24.0 Å². The molecule has 1 heterocycles. The molecule has 0 radical (unpaired) electrons. The molecule has 0 bridgehead atoms. The molecule has 0 N–H and O–H groups in total. The highest BCUT2D eigenvalue weighted by atomic mass is 79.9. The van der Waals surface area contributed by atoms with Gasteiger partial charge in [-0.25, -0.2) is 4.79 Å². The smallest absolute Gasteiger partial charge is 0.338 e. The molecular formula is C19H18BrNO3. The fraction of sp³-hybridized carbons (Fsp3) is 0.263. The van der Waals surface area contributed by atoms with Gasteiger partial charge in [0.15, 0.2) is 6.10 Å². The first-order chi connectivity index (χ1) is 11.5. The van der Waals surface area contributed by atoms with E-state index in [-0.39, 0.29) is 11.9 Å². The Balaban J connectivity index is 1.73. The maximum absolute atomic E-state index is 12.8. The second-order valence-corrected chi connectivity index (χ2v) is 6.86. The lowest BCUT2D eigenvalue weighted by Gasteiger charge is -2.25. The monoisotopic (exact) mass is 387 g/mol. The number of para-hydroxylation sites is 1. The van der Waals surface area contributed by atoms with Gasteiger partial charge in [-0.15, -0.1) is 0 Å². The summed E-state index contributed by atoms with van der Waals surface area (Å²) >= 11 is 3.32. The molecule has 0 unspecified atom stereocenters. The summed E-state index contributed by atoms with van der Waals surface area (Å²) in [5.74, 6) is -0.693. The SMILES string of the molecule is C[C@@H](OC(=O)c1ccc(Br)cc1)C(=O)N1c2ccccc2C[C@@H]1C. The standard InChI is InChI=1S/C19H18BrNO3/c1-12-11-15-5-3-4-6-17(15)21(12)18(22)13(2)24-19(23)14-7-9-16(20)10-8-14/h3-10,12-13H,11H2,1-2H3/t12-,13+/m0/s1. The summed E-state index contributed by atoms with van der Waals surface area (Å²) in [5, 5.41) is 0. The van der Waals surface area contributed by atoms with Crippen LogP contribution in [0.25, 0.3) is 0 Å². The highest BCUT2D eigenvalue weighted by molar-refractivity contribution is 9.10. The molecule has 0 aliphatic carbocycles. The predicted molar refractivity (Wildman–Crippen MR) is 96.1 cm³/mol. The zero-order valence-electron chi connectivity index (χ0n) is 13.5. The first-order valence-corrected chi connectivity index (χ1v) is 8.64. The molecule has 24 heavy (non-hydrogen) atoms. The zero-order valence-corrected chi connectivity index (χ0v) is 15.1. The van der Waals surface area contributed by atoms with Crippen molar-refractivity contribution in [2.45, 2.75) is 32.4 Å². The first-order valence-electron chi connectivity index (χ1n) is 7.85. The number of benzene rings is 2. The van der Waals surface area contributed by atoms with Gasteiger partial charge in [0.25, 0.3) is 5.91 Å². The third-order valence-corrected chi connectivity index (χ3v) is 4.68. The highest BCUT2D eigenvalue weighted by Crippen LogP contribution is 2.32. The van der Waals surface area contributed by atoms with Crippen molar-refractivity contribution >= 4 is 33.5 Å². The van der Waals surface area contributed by atoms with E-state index in [1.54, 1.807) is 36.1 Å². The number of carbonyl (C=O) groups excluding carboxylic acids is 2. The van der Waals surface area contributed by atoms with E-state index in [9.17, 15) is 9.59 Å². The summed E-state index contributed by atoms with van der Waals surface area (Å²) in [4.78, 5) is 26.7. The molecule has 2 atom stereocenters. The van der Waals surface area contributed by atoms with Crippen molar-refractivity contribution in [2.24, 2.45) is 0 Å². The van der Waals surface area contributed by atoms with Crippen LogP contribution in [0.15, 0.2) is 53.0 Å². The number of fused-ring (bicyclic) bond motifs is 1. The van der Waals surface area contributed by atoms with E-state index in [0.717, 1.165) is 22.1 Å². The van der Waals surface area contributed by atoms with Crippen molar-refractivity contribution in [1.82, 2.24) is 0 Å². The molecule has 2 aromatic rings. The molecule has 2 aromatic carbocycles. The number of hydrogen-bond acceptors (Lipinski definition) is 3. The van der Waals surface area contributed by atoms with Crippen molar-refractivity contribution in [2.75, 3.05) is 4.90 Å². The van der Waals surface area contributed by atoms with Gasteiger partial charge in [0.05, 0.1) is 5.56 Å². The average molecular weight is 388 g/mol. The molecule has 0 saturated heterocycles. The van der Waals surface area contributed by atoms with Gasteiger partial charge in [0, 0.05) is 16.2 Å². The molecule has 5 heteroatoms. The minimum absolute atomic E-state index is 0.0590. The molecule has 124 valence electrons. The topological polar surface area (TPSA) is 46.6 Å². The van der Waals surface area contributed by atoms with Crippen LogP contribution in [0, 0.1) is 0 Å². The van der Waals surface area contributed by atoms with E-state index in [1.165, 1.54) is 0 Å². The molecule has 3 rings (SSSR count). The number of carbonyl (C=O) groups is 2. The Morgan fingerprint density at radius 3 is 2.54 bits per heavy atom. The molecule has 0 aromatic heterocycles. The second kappa shape index (κ2) is 6.77. The van der Waals surface area contributed by atoms with Crippen LogP contribution >= 0.6 is 15.9 Å². The van der Waals surface area contributed by atoms with Gasteiger partial charge < -0.3 is 9.64 Å². The number of esters is 1. The number of nitrogens with zero attached hydrogens (tertiary/aromatic N) is 1. The summed E-state index contributed by atoms with van der Waals surface area (Å²) in [6.45, 7) is 3.62. The lowest BCUT2D eigenvalue weighted by Crippen LogP contribution is -2.43. The van der Waals surface area contributed by atoms with E-state index < -0.39 is 12.1 Å². The van der Waals surface area contributed by atoms with Crippen LogP contribution in [0.2, 0.25) is 0 Å². The number of anilines is 1. The van der Waals surface area contributed by atoms with Crippen LogP contribution in [0.4, 0.5) is 5.69 Å². The Morgan fingerprint density at radius 2 is 1.83 bits per heavy atom. The summed E-state index contributed by atoms with van der Waals surface area (Å²) in [6.07, 6.45) is -0.0234. The zero-order chi connectivity index (χ0) is 17.3. The van der Waals surface area contributed by atoms with E-state index >= 15 is 0 Å². The number of halogens is 1. The average Bonchev–Trinajstić information content (AvgIpc) is 2.90. The fourth-order valence-corrected chi connectivity index (χ4v) is 3.23. The van der Waals surface area contributed by atoms with Crippen molar-refractivity contribution in [3.05, 3.63) is 64.1 Å². The quantitative estimate of drug-likeness (QED) is 0.748. The highest BCUT2D eigenvalue weighted by Gasteiger charge is 2.34. The van der Waals surface area contributed by atoms with Crippen molar-refractivity contribution in [1.29, 1.82) is 0 Å². The number of amides is 1. The number of hydrogen-bond donors (Lipinski definition) is 0. The maximum atomic E-state index is 12.8. The lowest BCUT2D eigenvalue weighted by atomic mass is 10.1. The van der Waals surface area contributed by atoms with Crippen LogP contribution in [0.5, 0.6) is 0 Å². The van der Waals surface area contributed by atoms with Crippen molar-refractivity contribution < 1.29 is 14.3 Å². The van der Waals surface area contributed by atoms with Crippen LogP contribution in [0.3, 0.4) is 0 Å². The normalized spacial score (nSPS) is 17.3. The third-order valence-electron chi connectivity index (χ3n) is 4.16. The second-order valence-electron chi connectivity index (χ2n) is 5.94. The van der Waals surface area contributed by atoms with Crippen LogP contribution in [0.1, 0.15) is 29.8 Å². The summed E-state index contributed by atoms with van der Waals surface area (Å²) in [7, 11) is 0. The molecular weight excluding hydrogens is 370 g/mol. The maximum Gasteiger partial charge on any atom is 0.338 e. The Hall–Kier alpha value is -2.14. The first kappa shape index (κ1) is 16.7. The molecule has 0 spiro atoms. The van der Waals surface area contributed by atoms with Gasteiger partial charge in [0.2, 0.25) is 0 Å². The molecule has 4 nitrogen and oxygen atoms in total. The molecule has 1 aliphatic heterocycles. The van der Waals surface area contributed by atoms with Crippen molar-refractivity contribution in [3.8, 4) is 0 Å². The van der Waals surface area contributed by atoms with Gasteiger partial charge in [-0.1, -0.05) is 34.1 Å². The molecule has 0 fully saturated rings. The van der Waals surface area contributed by atoms with Gasteiger partial charge in [-0.2, -0.15) is 0 Å². The Morgan fingerprint density at radius 1 is 1.17 bits per heavy atom. The Labute approximate surface area is 149 Å². The predicted octanol–water partition coefficient (Wildman–Crippen LogP) is 3.97. The minimum atomic E-state index is -0.838. The van der Waals surface area contributed by atoms with Gasteiger partial charge in [0.1, 0.15) is 0 Å². The lowest BCUT2D eigenvalue weighted by molar-refractivity contribution is -0.126. The Kier molecular flexibility index (Phi) is 4.71. The summed E-state index contributed by atoms with van der Waals surface area (Å²) < 4.78 is 6.25. The summed E-state index contributed by atoms with van der Waals surface area (Å²) in [6, 6.07) is 14.8. The molecule has 0 saturated carbocycles. The molecule has 1 aliphatic rings. The molecule has 1 amide bonds. The van der Waals surface area contributed by atoms with E-state index in [4.69, 9.17) is 4.74 Å². The van der Waals surface area contributed by atoms with E-state index in [2.05, 4.69) is 15.9 Å². The van der Waals surface area contributed by atoms with Crippen LogP contribution in [-0.2, 0) is 16.0 Å². The number of rotatable bonds is 3. The van der Waals surface area contributed by atoms with Gasteiger partial charge in [-0.3, -0.25) is 4.79 Å². The third kappa shape index (κ3) is 3.22. The fourth-order valence-electron chi connectivity index (χ4n) is 2.96. The van der Waals surface area contributed by atoms with Crippen LogP contribution < -0.4 is 4.90 Å². The van der Waals surface area contributed by atoms with E-state index in [1.807, 2.05) is 31.2 Å².